The number of carbonyl (C=O) groups is 2. The van der Waals surface area contributed by atoms with Gasteiger partial charge in [0.1, 0.15) is 5.82 Å². The minimum absolute atomic E-state index is 0.0694. The summed E-state index contributed by atoms with van der Waals surface area (Å²) < 4.78 is 45.6. The summed E-state index contributed by atoms with van der Waals surface area (Å²) in [6, 6.07) is 7.15. The zero-order chi connectivity index (χ0) is 19.3. The lowest BCUT2D eigenvalue weighted by atomic mass is 10.1. The van der Waals surface area contributed by atoms with Crippen LogP contribution in [0.2, 0.25) is 0 Å². The number of hydrogen-bond donors (Lipinski definition) is 0. The van der Waals surface area contributed by atoms with Crippen LogP contribution in [0.1, 0.15) is 22.3 Å². The van der Waals surface area contributed by atoms with E-state index in [0.29, 0.717) is 10.0 Å². The number of esters is 1. The molecule has 0 heterocycles. The van der Waals surface area contributed by atoms with Crippen LogP contribution in [0.25, 0.3) is 0 Å². The van der Waals surface area contributed by atoms with E-state index in [1.165, 1.54) is 30.2 Å². The molecule has 0 aliphatic carbocycles. The predicted octanol–water partition coefficient (Wildman–Crippen LogP) is 4.07. The van der Waals surface area contributed by atoms with Crippen molar-refractivity contribution in [3.05, 3.63) is 69.4 Å². The van der Waals surface area contributed by atoms with E-state index < -0.39 is 29.3 Å². The fourth-order valence-corrected chi connectivity index (χ4v) is 2.61. The number of hydrogen-bond acceptors (Lipinski definition) is 3. The number of nitrogens with zero attached hydrogens (tertiary/aromatic N) is 1. The second-order valence-electron chi connectivity index (χ2n) is 5.43. The van der Waals surface area contributed by atoms with Crippen LogP contribution in [0.4, 0.5) is 13.2 Å². The maximum Gasteiger partial charge on any atom is 0.307 e. The van der Waals surface area contributed by atoms with E-state index >= 15 is 0 Å². The summed E-state index contributed by atoms with van der Waals surface area (Å²) in [7, 11) is 1.21. The Morgan fingerprint density at radius 1 is 1.04 bits per heavy atom. The molecule has 0 aliphatic heterocycles. The lowest BCUT2D eigenvalue weighted by Crippen LogP contribution is -2.33. The SMILES string of the molecule is COC(=O)CCN(Cc1ccc(F)c(F)c1)C(=O)c1ccc(Br)cc1F. The van der Waals surface area contributed by atoms with E-state index in [2.05, 4.69) is 20.7 Å². The molecule has 0 spiro atoms. The van der Waals surface area contributed by atoms with Gasteiger partial charge in [-0.2, -0.15) is 0 Å². The van der Waals surface area contributed by atoms with Gasteiger partial charge in [0.2, 0.25) is 0 Å². The topological polar surface area (TPSA) is 46.6 Å². The first-order valence-electron chi connectivity index (χ1n) is 7.57. The smallest absolute Gasteiger partial charge is 0.307 e. The predicted molar refractivity (Wildman–Crippen MR) is 91.8 cm³/mol. The quantitative estimate of drug-likeness (QED) is 0.650. The van der Waals surface area contributed by atoms with Gasteiger partial charge in [0.25, 0.3) is 5.91 Å². The highest BCUT2D eigenvalue weighted by Gasteiger charge is 2.21. The molecule has 0 saturated carbocycles. The Morgan fingerprint density at radius 3 is 2.38 bits per heavy atom. The molecule has 4 nitrogen and oxygen atoms in total. The number of ether oxygens (including phenoxy) is 1. The Balaban J connectivity index is 2.28. The summed E-state index contributed by atoms with van der Waals surface area (Å²) in [6.45, 7) is -0.192. The Hall–Kier alpha value is -2.35. The van der Waals surface area contributed by atoms with Gasteiger partial charge in [-0.1, -0.05) is 22.0 Å². The summed E-state index contributed by atoms with van der Waals surface area (Å²) >= 11 is 3.11. The van der Waals surface area contributed by atoms with Crippen molar-refractivity contribution in [3.8, 4) is 0 Å². The van der Waals surface area contributed by atoms with Crippen molar-refractivity contribution < 1.29 is 27.5 Å². The summed E-state index contributed by atoms with van der Waals surface area (Å²) in [5, 5.41) is 0. The van der Waals surface area contributed by atoms with Crippen LogP contribution in [-0.2, 0) is 16.1 Å². The van der Waals surface area contributed by atoms with Crippen molar-refractivity contribution in [3.63, 3.8) is 0 Å². The van der Waals surface area contributed by atoms with Crippen molar-refractivity contribution in [2.45, 2.75) is 13.0 Å². The Kier molecular flexibility index (Phi) is 6.79. The number of methoxy groups -OCH3 is 1. The molecule has 2 aromatic rings. The number of halogens is 4. The molecule has 0 radical (unpaired) electrons. The monoisotopic (exact) mass is 429 g/mol. The molecule has 1 amide bonds. The molecule has 0 aromatic heterocycles. The third-order valence-electron chi connectivity index (χ3n) is 3.62. The van der Waals surface area contributed by atoms with Crippen LogP contribution in [0.3, 0.4) is 0 Å². The van der Waals surface area contributed by atoms with Crippen LogP contribution in [-0.4, -0.2) is 30.4 Å². The van der Waals surface area contributed by atoms with Gasteiger partial charge >= 0.3 is 5.97 Å². The van der Waals surface area contributed by atoms with Crippen LogP contribution in [0, 0.1) is 17.5 Å². The van der Waals surface area contributed by atoms with Gasteiger partial charge < -0.3 is 9.64 Å². The Bertz CT molecular complexity index is 829. The van der Waals surface area contributed by atoms with E-state index in [1.807, 2.05) is 0 Å². The average molecular weight is 430 g/mol. The number of amides is 1. The van der Waals surface area contributed by atoms with Crippen molar-refractivity contribution in [1.82, 2.24) is 4.90 Å². The van der Waals surface area contributed by atoms with Gasteiger partial charge in [-0.05, 0) is 35.9 Å². The van der Waals surface area contributed by atoms with E-state index in [9.17, 15) is 22.8 Å². The van der Waals surface area contributed by atoms with Crippen molar-refractivity contribution in [1.29, 1.82) is 0 Å². The minimum atomic E-state index is -1.06. The molecule has 26 heavy (non-hydrogen) atoms. The third-order valence-corrected chi connectivity index (χ3v) is 4.11. The van der Waals surface area contributed by atoms with Gasteiger partial charge in [0, 0.05) is 17.6 Å². The number of benzene rings is 2. The second-order valence-corrected chi connectivity index (χ2v) is 6.34. The highest BCUT2D eigenvalue weighted by molar-refractivity contribution is 9.10. The molecule has 0 atom stereocenters. The highest BCUT2D eigenvalue weighted by Crippen LogP contribution is 2.19. The summed E-state index contributed by atoms with van der Waals surface area (Å²) in [5.41, 5.74) is 0.111. The first-order valence-corrected chi connectivity index (χ1v) is 8.36. The molecule has 2 rings (SSSR count). The van der Waals surface area contributed by atoms with Gasteiger partial charge in [-0.15, -0.1) is 0 Å². The second kappa shape index (κ2) is 8.84. The molecule has 138 valence electrons. The molecule has 2 aromatic carbocycles. The first kappa shape index (κ1) is 20.0. The van der Waals surface area contributed by atoms with E-state index in [0.717, 1.165) is 18.2 Å². The molecule has 8 heteroatoms. The molecular weight excluding hydrogens is 415 g/mol. The maximum absolute atomic E-state index is 14.1. The molecule has 0 fully saturated rings. The summed E-state index contributed by atoms with van der Waals surface area (Å²) in [5.74, 6) is -4.04. The van der Waals surface area contributed by atoms with Crippen molar-refractivity contribution >= 4 is 27.8 Å². The van der Waals surface area contributed by atoms with Crippen molar-refractivity contribution in [2.75, 3.05) is 13.7 Å². The fourth-order valence-electron chi connectivity index (χ4n) is 2.27. The van der Waals surface area contributed by atoms with E-state index in [4.69, 9.17) is 0 Å². The zero-order valence-electron chi connectivity index (χ0n) is 13.8. The van der Waals surface area contributed by atoms with E-state index in [-0.39, 0.29) is 25.1 Å². The van der Waals surface area contributed by atoms with Crippen LogP contribution in [0.5, 0.6) is 0 Å². The molecule has 0 saturated heterocycles. The molecule has 0 bridgehead atoms. The summed E-state index contributed by atoms with van der Waals surface area (Å²) in [4.78, 5) is 25.2. The molecule has 0 N–H and O–H groups in total. The van der Waals surface area contributed by atoms with Gasteiger partial charge in [-0.25, -0.2) is 13.2 Å². The highest BCUT2D eigenvalue weighted by atomic mass is 79.9. The standard InChI is InChI=1S/C18H15BrF3NO3/c1-26-17(24)6-7-23(10-11-2-5-14(20)16(22)8-11)18(25)13-4-3-12(19)9-15(13)21/h2-5,8-9H,6-7,10H2,1H3. The Labute approximate surface area is 156 Å². The fraction of sp³-hybridized carbons (Fsp3) is 0.222. The molecular formula is C18H15BrF3NO3. The van der Waals surface area contributed by atoms with Gasteiger partial charge in [0.05, 0.1) is 19.1 Å². The zero-order valence-corrected chi connectivity index (χ0v) is 15.4. The van der Waals surface area contributed by atoms with E-state index in [1.54, 1.807) is 0 Å². The van der Waals surface area contributed by atoms with Crippen molar-refractivity contribution in [2.24, 2.45) is 0 Å². The lowest BCUT2D eigenvalue weighted by molar-refractivity contribution is -0.140. The lowest BCUT2D eigenvalue weighted by Gasteiger charge is -2.23. The molecule has 0 unspecified atom stereocenters. The maximum atomic E-state index is 14.1. The first-order chi connectivity index (χ1) is 12.3. The number of carbonyl (C=O) groups excluding carboxylic acids is 2. The molecule has 0 aliphatic rings. The van der Waals surface area contributed by atoms with Crippen LogP contribution in [0.15, 0.2) is 40.9 Å². The largest absolute Gasteiger partial charge is 0.469 e. The van der Waals surface area contributed by atoms with Gasteiger partial charge in [-0.3, -0.25) is 9.59 Å². The van der Waals surface area contributed by atoms with Crippen LogP contribution < -0.4 is 0 Å². The van der Waals surface area contributed by atoms with Crippen LogP contribution >= 0.6 is 15.9 Å². The van der Waals surface area contributed by atoms with Gasteiger partial charge in [0.15, 0.2) is 11.6 Å². The summed E-state index contributed by atoms with van der Waals surface area (Å²) in [6.07, 6.45) is -0.121. The normalized spacial score (nSPS) is 10.5. The number of rotatable bonds is 6. The Morgan fingerprint density at radius 2 is 1.77 bits per heavy atom. The third kappa shape index (κ3) is 5.08. The minimum Gasteiger partial charge on any atom is -0.469 e. The average Bonchev–Trinajstić information content (AvgIpc) is 2.60.